The molecule has 0 aliphatic heterocycles. The molecule has 0 radical (unpaired) electrons. The molecule has 0 fully saturated rings. The largest absolute Gasteiger partial charge is 0.487 e. The van der Waals surface area contributed by atoms with Crippen molar-refractivity contribution in [1.29, 1.82) is 0 Å². The summed E-state index contributed by atoms with van der Waals surface area (Å²) in [7, 11) is 0. The van der Waals surface area contributed by atoms with Crippen LogP contribution in [0, 0.1) is 6.92 Å². The molecular formula is C21H21ClN4O3. The molecule has 29 heavy (non-hydrogen) atoms. The fourth-order valence-electron chi connectivity index (χ4n) is 2.74. The summed E-state index contributed by atoms with van der Waals surface area (Å²) in [6.07, 6.45) is 1.57. The van der Waals surface area contributed by atoms with Crippen molar-refractivity contribution >= 4 is 29.1 Å². The first-order valence-corrected chi connectivity index (χ1v) is 9.41. The summed E-state index contributed by atoms with van der Waals surface area (Å²) in [6, 6.07) is 12.5. The van der Waals surface area contributed by atoms with E-state index < -0.39 is 5.91 Å². The molecule has 0 aliphatic carbocycles. The zero-order valence-electron chi connectivity index (χ0n) is 16.1. The molecule has 1 heterocycles. The lowest BCUT2D eigenvalue weighted by atomic mass is 10.1. The van der Waals surface area contributed by atoms with Gasteiger partial charge in [0.2, 0.25) is 0 Å². The summed E-state index contributed by atoms with van der Waals surface area (Å²) in [4.78, 5) is 24.2. The molecular weight excluding hydrogens is 392 g/mol. The maximum atomic E-state index is 12.6. The fraction of sp³-hybridized carbons (Fsp3) is 0.190. The van der Waals surface area contributed by atoms with Crippen LogP contribution in [0.25, 0.3) is 0 Å². The topological polar surface area (TPSA) is 99.2 Å². The van der Waals surface area contributed by atoms with Gasteiger partial charge in [-0.05, 0) is 49.2 Å². The second kappa shape index (κ2) is 8.79. The lowest BCUT2D eigenvalue weighted by Crippen LogP contribution is -2.18. The number of nitrogens with one attached hydrogen (secondary N) is 1. The normalized spacial score (nSPS) is 10.6. The minimum atomic E-state index is -0.704. The molecule has 150 valence electrons. The lowest BCUT2D eigenvalue weighted by molar-refractivity contribution is 0.0995. The van der Waals surface area contributed by atoms with Crippen molar-refractivity contribution in [3.63, 3.8) is 0 Å². The van der Waals surface area contributed by atoms with Gasteiger partial charge in [0.15, 0.2) is 5.69 Å². The van der Waals surface area contributed by atoms with E-state index in [0.29, 0.717) is 22.9 Å². The van der Waals surface area contributed by atoms with Gasteiger partial charge in [-0.15, -0.1) is 0 Å². The number of nitrogens with two attached hydrogens (primary N) is 1. The van der Waals surface area contributed by atoms with Crippen LogP contribution < -0.4 is 15.8 Å². The number of anilines is 1. The highest BCUT2D eigenvalue weighted by Crippen LogP contribution is 2.26. The highest BCUT2D eigenvalue weighted by atomic mass is 35.5. The highest BCUT2D eigenvalue weighted by Gasteiger charge is 2.17. The van der Waals surface area contributed by atoms with Crippen molar-refractivity contribution in [3.05, 3.63) is 76.1 Å². The van der Waals surface area contributed by atoms with Crippen LogP contribution in [0.15, 0.2) is 48.7 Å². The van der Waals surface area contributed by atoms with Crippen LogP contribution in [-0.4, -0.2) is 21.6 Å². The lowest BCUT2D eigenvalue weighted by Gasteiger charge is -2.10. The van der Waals surface area contributed by atoms with E-state index in [1.165, 1.54) is 4.68 Å². The second-order valence-corrected chi connectivity index (χ2v) is 6.90. The molecule has 3 aromatic rings. The molecule has 0 spiro atoms. The van der Waals surface area contributed by atoms with Crippen molar-refractivity contribution in [2.45, 2.75) is 27.0 Å². The van der Waals surface area contributed by atoms with Crippen LogP contribution in [0.4, 0.5) is 5.69 Å². The molecule has 3 N–H and O–H groups in total. The van der Waals surface area contributed by atoms with Crippen molar-refractivity contribution in [3.8, 4) is 5.75 Å². The Morgan fingerprint density at radius 3 is 2.76 bits per heavy atom. The van der Waals surface area contributed by atoms with Crippen LogP contribution in [0.1, 0.15) is 38.9 Å². The molecule has 0 unspecified atom stereocenters. The Kier molecular flexibility index (Phi) is 6.19. The molecule has 2 aromatic carbocycles. The first-order chi connectivity index (χ1) is 13.9. The number of aryl methyl sites for hydroxylation is 2. The van der Waals surface area contributed by atoms with Gasteiger partial charge in [-0.1, -0.05) is 29.8 Å². The average molecular weight is 413 g/mol. The monoisotopic (exact) mass is 412 g/mol. The van der Waals surface area contributed by atoms with Crippen LogP contribution >= 0.6 is 11.6 Å². The summed E-state index contributed by atoms with van der Waals surface area (Å²) < 4.78 is 7.32. The molecule has 0 aliphatic rings. The van der Waals surface area contributed by atoms with E-state index >= 15 is 0 Å². The van der Waals surface area contributed by atoms with Crippen LogP contribution in [0.3, 0.4) is 0 Å². The number of hydrogen-bond donors (Lipinski definition) is 2. The Balaban J connectivity index is 1.74. The van der Waals surface area contributed by atoms with E-state index in [0.717, 1.165) is 11.1 Å². The maximum absolute atomic E-state index is 12.6. The number of amides is 2. The predicted molar refractivity (Wildman–Crippen MR) is 111 cm³/mol. The Bertz CT molecular complexity index is 1060. The number of carbonyl (C=O) groups excluding carboxylic acids is 2. The number of ether oxygens (including phenoxy) is 1. The van der Waals surface area contributed by atoms with Crippen molar-refractivity contribution in [1.82, 2.24) is 9.78 Å². The van der Waals surface area contributed by atoms with Gasteiger partial charge in [0.1, 0.15) is 12.4 Å². The number of halogens is 1. The number of carbonyl (C=O) groups is 2. The Morgan fingerprint density at radius 2 is 2.03 bits per heavy atom. The standard InChI is InChI=1S/C21H21ClN4O3/c1-3-26-11-17(19(25-26)20(23)27)24-21(28)15-6-4-5-14(10-15)12-29-18-9-13(2)7-8-16(18)22/h4-11H,3,12H2,1-2H3,(H2,23,27)(H,24,28). The summed E-state index contributed by atoms with van der Waals surface area (Å²) in [6.45, 7) is 4.62. The molecule has 3 rings (SSSR count). The quantitative estimate of drug-likeness (QED) is 0.616. The van der Waals surface area contributed by atoms with Gasteiger partial charge in [0, 0.05) is 18.3 Å². The molecule has 7 nitrogen and oxygen atoms in total. The number of rotatable bonds is 7. The molecule has 2 amide bonds. The van der Waals surface area contributed by atoms with Gasteiger partial charge < -0.3 is 15.8 Å². The molecule has 8 heteroatoms. The van der Waals surface area contributed by atoms with Gasteiger partial charge in [-0.25, -0.2) is 0 Å². The molecule has 0 saturated carbocycles. The molecule has 1 aromatic heterocycles. The number of nitrogens with zero attached hydrogens (tertiary/aromatic N) is 2. The summed E-state index contributed by atoms with van der Waals surface area (Å²) in [5, 5.41) is 7.29. The number of benzene rings is 2. The van der Waals surface area contributed by atoms with Crippen LogP contribution in [0.2, 0.25) is 5.02 Å². The van der Waals surface area contributed by atoms with E-state index in [1.807, 2.05) is 32.0 Å². The predicted octanol–water partition coefficient (Wildman–Crippen LogP) is 3.80. The Labute approximate surface area is 173 Å². The minimum absolute atomic E-state index is 0.0220. The SMILES string of the molecule is CCn1cc(NC(=O)c2cccc(COc3cc(C)ccc3Cl)c2)c(C(N)=O)n1. The van der Waals surface area contributed by atoms with E-state index in [1.54, 1.807) is 30.5 Å². The highest BCUT2D eigenvalue weighted by molar-refractivity contribution is 6.32. The van der Waals surface area contributed by atoms with Crippen molar-refractivity contribution < 1.29 is 14.3 Å². The van der Waals surface area contributed by atoms with Gasteiger partial charge >= 0.3 is 0 Å². The number of aromatic nitrogens is 2. The third kappa shape index (κ3) is 4.94. The minimum Gasteiger partial charge on any atom is -0.487 e. The number of hydrogen-bond acceptors (Lipinski definition) is 4. The molecule has 0 saturated heterocycles. The van der Waals surface area contributed by atoms with Crippen molar-refractivity contribution in [2.24, 2.45) is 5.73 Å². The van der Waals surface area contributed by atoms with Gasteiger partial charge in [0.05, 0.1) is 10.7 Å². The summed E-state index contributed by atoms with van der Waals surface area (Å²) in [5.41, 5.74) is 7.90. The third-order valence-corrected chi connectivity index (χ3v) is 4.55. The summed E-state index contributed by atoms with van der Waals surface area (Å²) in [5.74, 6) is -0.497. The van der Waals surface area contributed by atoms with E-state index in [2.05, 4.69) is 10.4 Å². The van der Waals surface area contributed by atoms with Crippen LogP contribution in [0.5, 0.6) is 5.75 Å². The maximum Gasteiger partial charge on any atom is 0.271 e. The van der Waals surface area contributed by atoms with E-state index in [-0.39, 0.29) is 23.9 Å². The fourth-order valence-corrected chi connectivity index (χ4v) is 2.91. The second-order valence-electron chi connectivity index (χ2n) is 6.49. The van der Waals surface area contributed by atoms with Gasteiger partial charge in [0.25, 0.3) is 11.8 Å². The number of primary amides is 1. The van der Waals surface area contributed by atoms with E-state index in [4.69, 9.17) is 22.1 Å². The van der Waals surface area contributed by atoms with E-state index in [9.17, 15) is 9.59 Å². The van der Waals surface area contributed by atoms with Gasteiger partial charge in [-0.3, -0.25) is 14.3 Å². The summed E-state index contributed by atoms with van der Waals surface area (Å²) >= 11 is 6.15. The third-order valence-electron chi connectivity index (χ3n) is 4.24. The van der Waals surface area contributed by atoms with Gasteiger partial charge in [-0.2, -0.15) is 5.10 Å². The van der Waals surface area contributed by atoms with Crippen molar-refractivity contribution in [2.75, 3.05) is 5.32 Å². The molecule has 0 atom stereocenters. The Hall–Kier alpha value is -3.32. The van der Waals surface area contributed by atoms with Crippen LogP contribution in [-0.2, 0) is 13.2 Å². The molecule has 0 bridgehead atoms. The average Bonchev–Trinajstić information content (AvgIpc) is 3.12. The zero-order chi connectivity index (χ0) is 21.0. The Morgan fingerprint density at radius 1 is 1.24 bits per heavy atom. The smallest absolute Gasteiger partial charge is 0.271 e. The first-order valence-electron chi connectivity index (χ1n) is 9.04. The zero-order valence-corrected chi connectivity index (χ0v) is 16.9. The first kappa shape index (κ1) is 20.4.